The first kappa shape index (κ1) is 23.2. The Kier molecular flexibility index (Phi) is 7.12. The molecule has 5 rings (SSSR count). The van der Waals surface area contributed by atoms with Gasteiger partial charge in [-0.1, -0.05) is 79.4 Å². The predicted molar refractivity (Wildman–Crippen MR) is 139 cm³/mol. The molecule has 1 aromatic heterocycles. The summed E-state index contributed by atoms with van der Waals surface area (Å²) in [7, 11) is 0. The van der Waals surface area contributed by atoms with E-state index in [0.29, 0.717) is 19.2 Å². The summed E-state index contributed by atoms with van der Waals surface area (Å²) in [6.45, 7) is 3.28. The van der Waals surface area contributed by atoms with Crippen LogP contribution in [0.4, 0.5) is 0 Å². The Balaban J connectivity index is 1.41. The number of nitrogens with zero attached hydrogens (tertiary/aromatic N) is 3. The van der Waals surface area contributed by atoms with Gasteiger partial charge < -0.3 is 14.2 Å². The van der Waals surface area contributed by atoms with E-state index in [1.165, 1.54) is 30.4 Å². The van der Waals surface area contributed by atoms with Crippen molar-refractivity contribution in [2.24, 2.45) is 0 Å². The van der Waals surface area contributed by atoms with Crippen LogP contribution in [0.2, 0.25) is 0 Å². The number of carbonyl (C=O) groups excluding carboxylic acids is 1. The van der Waals surface area contributed by atoms with Gasteiger partial charge in [-0.25, -0.2) is 4.98 Å². The SMILES string of the molecule is Cc1ccc(OCc2nc3ccccc3n2CC(=O)N(Cc2ccccc2)C2CCCCC2)cc1. The normalized spacial score (nSPS) is 14.2. The summed E-state index contributed by atoms with van der Waals surface area (Å²) in [4.78, 5) is 20.8. The van der Waals surface area contributed by atoms with E-state index in [9.17, 15) is 4.79 Å². The molecular formula is C30H33N3O2. The molecule has 180 valence electrons. The second kappa shape index (κ2) is 10.8. The highest BCUT2D eigenvalue weighted by Crippen LogP contribution is 2.26. The van der Waals surface area contributed by atoms with Crippen LogP contribution in [0.15, 0.2) is 78.9 Å². The minimum absolute atomic E-state index is 0.139. The van der Waals surface area contributed by atoms with E-state index in [4.69, 9.17) is 9.72 Å². The standard InChI is InChI=1S/C30H33N3O2/c1-23-16-18-26(19-17-23)35-22-29-31-27-14-8-9-15-28(27)33(29)21-30(34)32(25-12-6-3-7-13-25)20-24-10-4-2-5-11-24/h2,4-5,8-11,14-19,25H,3,6-7,12-13,20-22H2,1H3. The molecule has 1 aliphatic carbocycles. The van der Waals surface area contributed by atoms with Gasteiger partial charge in [-0.2, -0.15) is 0 Å². The van der Waals surface area contributed by atoms with Crippen molar-refractivity contribution in [2.75, 3.05) is 0 Å². The molecule has 5 nitrogen and oxygen atoms in total. The average Bonchev–Trinajstić information content (AvgIpc) is 3.25. The zero-order valence-electron chi connectivity index (χ0n) is 20.4. The number of hydrogen-bond acceptors (Lipinski definition) is 3. The molecule has 1 amide bonds. The van der Waals surface area contributed by atoms with Gasteiger partial charge in [0.25, 0.3) is 0 Å². The lowest BCUT2D eigenvalue weighted by molar-refractivity contribution is -0.135. The number of benzene rings is 3. The van der Waals surface area contributed by atoms with E-state index in [0.717, 1.165) is 35.4 Å². The molecule has 1 fully saturated rings. The van der Waals surface area contributed by atoms with Crippen LogP contribution >= 0.6 is 0 Å². The molecule has 1 saturated carbocycles. The van der Waals surface area contributed by atoms with Crippen LogP contribution in [0.1, 0.15) is 49.1 Å². The highest BCUT2D eigenvalue weighted by Gasteiger charge is 2.27. The Labute approximate surface area is 207 Å². The number of ether oxygens (including phenoxy) is 1. The van der Waals surface area contributed by atoms with Crippen LogP contribution in [-0.2, 0) is 24.5 Å². The van der Waals surface area contributed by atoms with Crippen LogP contribution in [0, 0.1) is 6.92 Å². The lowest BCUT2D eigenvalue weighted by Crippen LogP contribution is -2.42. The molecule has 1 aliphatic rings. The maximum Gasteiger partial charge on any atom is 0.243 e. The summed E-state index contributed by atoms with van der Waals surface area (Å²) in [6.07, 6.45) is 5.79. The van der Waals surface area contributed by atoms with E-state index < -0.39 is 0 Å². The van der Waals surface area contributed by atoms with Crippen molar-refractivity contribution >= 4 is 16.9 Å². The maximum atomic E-state index is 13.9. The molecule has 35 heavy (non-hydrogen) atoms. The maximum absolute atomic E-state index is 13.9. The Morgan fingerprint density at radius 3 is 2.43 bits per heavy atom. The van der Waals surface area contributed by atoms with Crippen LogP contribution in [0.25, 0.3) is 11.0 Å². The fraction of sp³-hybridized carbons (Fsp3) is 0.333. The lowest BCUT2D eigenvalue weighted by Gasteiger charge is -2.35. The van der Waals surface area contributed by atoms with Gasteiger partial charge in [0.05, 0.1) is 11.0 Å². The van der Waals surface area contributed by atoms with Gasteiger partial charge >= 0.3 is 0 Å². The summed E-state index contributed by atoms with van der Waals surface area (Å²) in [5, 5.41) is 0. The first-order chi connectivity index (χ1) is 17.2. The van der Waals surface area contributed by atoms with Crippen LogP contribution in [0.3, 0.4) is 0 Å². The topological polar surface area (TPSA) is 47.4 Å². The van der Waals surface area contributed by atoms with E-state index in [2.05, 4.69) is 24.0 Å². The molecule has 0 saturated heterocycles. The molecule has 0 spiro atoms. The van der Waals surface area contributed by atoms with Gasteiger partial charge in [0.2, 0.25) is 5.91 Å². The quantitative estimate of drug-likeness (QED) is 0.306. The number of aromatic nitrogens is 2. The third-order valence-electron chi connectivity index (χ3n) is 6.95. The number of rotatable bonds is 8. The van der Waals surface area contributed by atoms with Crippen LogP contribution in [0.5, 0.6) is 5.75 Å². The first-order valence-electron chi connectivity index (χ1n) is 12.6. The van der Waals surface area contributed by atoms with Gasteiger partial charge in [0.15, 0.2) is 0 Å². The molecule has 4 aromatic rings. The second-order valence-corrected chi connectivity index (χ2v) is 9.50. The predicted octanol–water partition coefficient (Wildman–Crippen LogP) is 6.29. The summed E-state index contributed by atoms with van der Waals surface area (Å²) in [5.74, 6) is 1.71. The number of aryl methyl sites for hydroxylation is 1. The molecule has 0 N–H and O–H groups in total. The highest BCUT2D eigenvalue weighted by atomic mass is 16.5. The molecule has 0 aliphatic heterocycles. The van der Waals surface area contributed by atoms with Crippen molar-refractivity contribution in [1.82, 2.24) is 14.5 Å². The summed E-state index contributed by atoms with van der Waals surface area (Å²) in [5.41, 5.74) is 4.21. The number of fused-ring (bicyclic) bond motifs is 1. The molecule has 0 radical (unpaired) electrons. The molecule has 0 atom stereocenters. The number of hydrogen-bond donors (Lipinski definition) is 0. The van der Waals surface area contributed by atoms with Crippen molar-refractivity contribution in [3.63, 3.8) is 0 Å². The minimum Gasteiger partial charge on any atom is -0.486 e. The van der Waals surface area contributed by atoms with Crippen molar-refractivity contribution in [3.05, 3.63) is 95.8 Å². The molecule has 3 aromatic carbocycles. The molecule has 1 heterocycles. The number of para-hydroxylation sites is 2. The Morgan fingerprint density at radius 1 is 0.943 bits per heavy atom. The highest BCUT2D eigenvalue weighted by molar-refractivity contribution is 5.81. The van der Waals surface area contributed by atoms with Gasteiger partial charge in [-0.05, 0) is 49.6 Å². The smallest absolute Gasteiger partial charge is 0.243 e. The fourth-order valence-corrected chi connectivity index (χ4v) is 5.01. The number of amides is 1. The second-order valence-electron chi connectivity index (χ2n) is 9.50. The van der Waals surface area contributed by atoms with Gasteiger partial charge in [0.1, 0.15) is 24.7 Å². The lowest BCUT2D eigenvalue weighted by atomic mass is 9.93. The van der Waals surface area contributed by atoms with Crippen LogP contribution in [-0.4, -0.2) is 26.4 Å². The van der Waals surface area contributed by atoms with Gasteiger partial charge in [0, 0.05) is 12.6 Å². The summed E-state index contributed by atoms with van der Waals surface area (Å²) in [6, 6.07) is 26.6. The van der Waals surface area contributed by atoms with Crippen molar-refractivity contribution < 1.29 is 9.53 Å². The molecule has 0 unspecified atom stereocenters. The number of imidazole rings is 1. The van der Waals surface area contributed by atoms with Gasteiger partial charge in [-0.15, -0.1) is 0 Å². The Hall–Kier alpha value is -3.60. The van der Waals surface area contributed by atoms with Crippen molar-refractivity contribution in [2.45, 2.75) is 64.8 Å². The third-order valence-corrected chi connectivity index (χ3v) is 6.95. The molecular weight excluding hydrogens is 434 g/mol. The summed E-state index contributed by atoms with van der Waals surface area (Å²) < 4.78 is 8.10. The van der Waals surface area contributed by atoms with E-state index in [1.807, 2.05) is 71.3 Å². The Bertz CT molecular complexity index is 1260. The monoisotopic (exact) mass is 467 g/mol. The minimum atomic E-state index is 0.139. The molecule has 5 heteroatoms. The summed E-state index contributed by atoms with van der Waals surface area (Å²) >= 11 is 0. The van der Waals surface area contributed by atoms with Crippen LogP contribution < -0.4 is 4.74 Å². The van der Waals surface area contributed by atoms with Crippen molar-refractivity contribution in [3.8, 4) is 5.75 Å². The Morgan fingerprint density at radius 2 is 1.66 bits per heavy atom. The van der Waals surface area contributed by atoms with Gasteiger partial charge in [-0.3, -0.25) is 4.79 Å². The van der Waals surface area contributed by atoms with E-state index >= 15 is 0 Å². The third kappa shape index (κ3) is 5.56. The fourth-order valence-electron chi connectivity index (χ4n) is 5.01. The average molecular weight is 468 g/mol. The number of carbonyl (C=O) groups is 1. The zero-order valence-corrected chi connectivity index (χ0v) is 20.4. The van der Waals surface area contributed by atoms with E-state index in [-0.39, 0.29) is 12.5 Å². The first-order valence-corrected chi connectivity index (χ1v) is 12.6. The van der Waals surface area contributed by atoms with E-state index in [1.54, 1.807) is 0 Å². The van der Waals surface area contributed by atoms with Crippen molar-refractivity contribution in [1.29, 1.82) is 0 Å². The largest absolute Gasteiger partial charge is 0.486 e. The molecule has 0 bridgehead atoms. The zero-order chi connectivity index (χ0) is 24.0.